The molecule has 116 valence electrons. The van der Waals surface area contributed by atoms with Crippen LogP contribution in [0.5, 0.6) is 0 Å². The zero-order valence-corrected chi connectivity index (χ0v) is 12.9. The number of rotatable bonds is 4. The second-order valence-electron chi connectivity index (χ2n) is 5.65. The molecule has 2 heterocycles. The Bertz CT molecular complexity index is 708. The maximum Gasteiger partial charge on any atom is 0.335 e. The molecule has 22 heavy (non-hydrogen) atoms. The Labute approximate surface area is 129 Å². The number of nitrogens with zero attached hydrogens (tertiary/aromatic N) is 4. The fraction of sp³-hybridized carbons (Fsp3) is 0.438. The number of hydrogen-bond donors (Lipinski definition) is 1. The first-order chi connectivity index (χ1) is 10.6. The second kappa shape index (κ2) is 5.88. The van der Waals surface area contributed by atoms with Crippen LogP contribution in [0.1, 0.15) is 39.8 Å². The second-order valence-corrected chi connectivity index (χ2v) is 5.65. The molecule has 2 aromatic rings. The normalized spacial score (nSPS) is 14.8. The summed E-state index contributed by atoms with van der Waals surface area (Å²) in [5.74, 6) is -0.839. The smallest absolute Gasteiger partial charge is 0.335 e. The van der Waals surface area contributed by atoms with Crippen LogP contribution in [0.2, 0.25) is 0 Å². The number of carboxylic acids is 1. The van der Waals surface area contributed by atoms with Crippen LogP contribution in [0, 0.1) is 6.92 Å². The van der Waals surface area contributed by atoms with Crippen LogP contribution in [0.4, 0.5) is 0 Å². The Morgan fingerprint density at radius 3 is 2.95 bits per heavy atom. The van der Waals surface area contributed by atoms with Crippen molar-refractivity contribution < 1.29 is 9.90 Å². The molecule has 0 atom stereocenters. The highest BCUT2D eigenvalue weighted by Crippen LogP contribution is 2.24. The molecule has 0 radical (unpaired) electrons. The van der Waals surface area contributed by atoms with Gasteiger partial charge < -0.3 is 5.11 Å². The Hall–Kier alpha value is -2.21. The van der Waals surface area contributed by atoms with Crippen molar-refractivity contribution in [2.75, 3.05) is 6.54 Å². The lowest BCUT2D eigenvalue weighted by molar-refractivity contribution is 0.0694. The van der Waals surface area contributed by atoms with Crippen LogP contribution in [0.25, 0.3) is 0 Å². The van der Waals surface area contributed by atoms with E-state index >= 15 is 0 Å². The minimum atomic E-state index is -0.839. The summed E-state index contributed by atoms with van der Waals surface area (Å²) in [5.41, 5.74) is 4.63. The number of hydrogen-bond acceptors (Lipinski definition) is 4. The highest BCUT2D eigenvalue weighted by Gasteiger charge is 2.22. The van der Waals surface area contributed by atoms with Gasteiger partial charge in [0.1, 0.15) is 0 Å². The van der Waals surface area contributed by atoms with E-state index in [2.05, 4.69) is 22.1 Å². The van der Waals surface area contributed by atoms with Gasteiger partial charge in [-0.3, -0.25) is 4.90 Å². The predicted molar refractivity (Wildman–Crippen MR) is 81.7 cm³/mol. The fourth-order valence-electron chi connectivity index (χ4n) is 3.08. The molecule has 0 unspecified atom stereocenters. The molecule has 0 saturated carbocycles. The number of carbonyl (C=O) groups is 1. The molecule has 0 saturated heterocycles. The van der Waals surface area contributed by atoms with Crippen molar-refractivity contribution in [2.45, 2.75) is 39.9 Å². The molecule has 0 fully saturated rings. The van der Waals surface area contributed by atoms with Gasteiger partial charge in [-0.05, 0) is 37.5 Å². The average molecular weight is 300 g/mol. The zero-order chi connectivity index (χ0) is 15.7. The lowest BCUT2D eigenvalue weighted by atomic mass is 9.94. The van der Waals surface area contributed by atoms with E-state index in [-0.39, 0.29) is 0 Å². The fourth-order valence-corrected chi connectivity index (χ4v) is 3.08. The number of aromatic carboxylic acids is 1. The van der Waals surface area contributed by atoms with Crippen LogP contribution in [-0.2, 0) is 26.1 Å². The largest absolute Gasteiger partial charge is 0.478 e. The van der Waals surface area contributed by atoms with Crippen molar-refractivity contribution in [1.29, 1.82) is 0 Å². The summed E-state index contributed by atoms with van der Waals surface area (Å²) in [7, 11) is 0. The number of carboxylic acid groups (broad SMARTS) is 1. The van der Waals surface area contributed by atoms with E-state index in [1.54, 1.807) is 6.07 Å². The Morgan fingerprint density at radius 2 is 2.23 bits per heavy atom. The Morgan fingerprint density at radius 1 is 1.41 bits per heavy atom. The molecule has 6 heteroatoms. The Kier molecular flexibility index (Phi) is 3.94. The third-order valence-electron chi connectivity index (χ3n) is 4.28. The average Bonchev–Trinajstić information content (AvgIpc) is 2.86. The molecule has 1 N–H and O–H groups in total. The van der Waals surface area contributed by atoms with Crippen LogP contribution in [0.3, 0.4) is 0 Å². The van der Waals surface area contributed by atoms with Crippen molar-refractivity contribution in [3.05, 3.63) is 46.3 Å². The van der Waals surface area contributed by atoms with Crippen LogP contribution in [0.15, 0.2) is 18.2 Å². The van der Waals surface area contributed by atoms with Gasteiger partial charge in [-0.25, -0.2) is 9.48 Å². The SMILES string of the molecule is CCn1nnc(C)c1CN1CCc2c(cccc2C(=O)O)C1. The lowest BCUT2D eigenvalue weighted by Gasteiger charge is -2.29. The molecule has 0 amide bonds. The molecule has 1 aromatic heterocycles. The predicted octanol–water partition coefficient (Wildman–Crippen LogP) is 1.86. The number of aryl methyl sites for hydroxylation is 2. The van der Waals surface area contributed by atoms with Crippen molar-refractivity contribution in [3.8, 4) is 0 Å². The first kappa shape index (κ1) is 14.7. The summed E-state index contributed by atoms with van der Waals surface area (Å²) in [6.07, 6.45) is 0.768. The van der Waals surface area contributed by atoms with Crippen molar-refractivity contribution >= 4 is 5.97 Å². The third-order valence-corrected chi connectivity index (χ3v) is 4.28. The topological polar surface area (TPSA) is 71.2 Å². The number of aromatic nitrogens is 3. The molecule has 0 aliphatic carbocycles. The number of fused-ring (bicyclic) bond motifs is 1. The van der Waals surface area contributed by atoms with Gasteiger partial charge in [-0.15, -0.1) is 5.10 Å². The molecule has 0 bridgehead atoms. The minimum Gasteiger partial charge on any atom is -0.478 e. The van der Waals surface area contributed by atoms with Gasteiger partial charge in [0.15, 0.2) is 0 Å². The first-order valence-corrected chi connectivity index (χ1v) is 7.55. The van der Waals surface area contributed by atoms with Crippen LogP contribution < -0.4 is 0 Å². The molecule has 1 aliphatic rings. The van der Waals surface area contributed by atoms with Crippen LogP contribution >= 0.6 is 0 Å². The molecule has 3 rings (SSSR count). The summed E-state index contributed by atoms with van der Waals surface area (Å²) < 4.78 is 1.93. The highest BCUT2D eigenvalue weighted by atomic mass is 16.4. The van der Waals surface area contributed by atoms with Crippen molar-refractivity contribution in [1.82, 2.24) is 19.9 Å². The van der Waals surface area contributed by atoms with Gasteiger partial charge in [0, 0.05) is 26.2 Å². The summed E-state index contributed by atoms with van der Waals surface area (Å²) >= 11 is 0. The highest BCUT2D eigenvalue weighted by molar-refractivity contribution is 5.89. The quantitative estimate of drug-likeness (QED) is 0.933. The maximum absolute atomic E-state index is 11.3. The summed E-state index contributed by atoms with van der Waals surface area (Å²) in [4.78, 5) is 13.6. The molecular formula is C16H20N4O2. The minimum absolute atomic E-state index is 0.439. The molecule has 1 aliphatic heterocycles. The van der Waals surface area contributed by atoms with E-state index in [0.717, 1.165) is 55.1 Å². The third kappa shape index (κ3) is 2.62. The van der Waals surface area contributed by atoms with Crippen molar-refractivity contribution in [3.63, 3.8) is 0 Å². The van der Waals surface area contributed by atoms with E-state index in [1.807, 2.05) is 23.7 Å². The summed E-state index contributed by atoms with van der Waals surface area (Å²) in [6, 6.07) is 5.54. The van der Waals surface area contributed by atoms with Gasteiger partial charge in [0.05, 0.1) is 17.0 Å². The van der Waals surface area contributed by atoms with E-state index in [4.69, 9.17) is 0 Å². The molecule has 6 nitrogen and oxygen atoms in total. The molecule has 0 spiro atoms. The molecule has 1 aromatic carbocycles. The summed E-state index contributed by atoms with van der Waals surface area (Å²) in [5, 5.41) is 17.6. The first-order valence-electron chi connectivity index (χ1n) is 7.55. The Balaban J connectivity index is 1.82. The maximum atomic E-state index is 11.3. The number of benzene rings is 1. The summed E-state index contributed by atoms with van der Waals surface area (Å²) in [6.45, 7) is 7.26. The zero-order valence-electron chi connectivity index (χ0n) is 12.9. The van der Waals surface area contributed by atoms with Gasteiger partial charge in [-0.2, -0.15) is 0 Å². The standard InChI is InChI=1S/C16H20N4O2/c1-3-20-15(11(2)17-18-20)10-19-8-7-13-12(9-19)5-4-6-14(13)16(21)22/h4-6H,3,7-10H2,1-2H3,(H,21,22). The lowest BCUT2D eigenvalue weighted by Crippen LogP contribution is -2.32. The van der Waals surface area contributed by atoms with E-state index in [1.165, 1.54) is 0 Å². The monoisotopic (exact) mass is 300 g/mol. The van der Waals surface area contributed by atoms with Gasteiger partial charge >= 0.3 is 5.97 Å². The van der Waals surface area contributed by atoms with Crippen LogP contribution in [-0.4, -0.2) is 37.5 Å². The van der Waals surface area contributed by atoms with E-state index in [0.29, 0.717) is 5.56 Å². The van der Waals surface area contributed by atoms with Gasteiger partial charge in [0.2, 0.25) is 0 Å². The van der Waals surface area contributed by atoms with E-state index < -0.39 is 5.97 Å². The van der Waals surface area contributed by atoms with E-state index in [9.17, 15) is 9.90 Å². The van der Waals surface area contributed by atoms with Gasteiger partial charge in [0.25, 0.3) is 0 Å². The van der Waals surface area contributed by atoms with Gasteiger partial charge in [-0.1, -0.05) is 17.3 Å². The molecular weight excluding hydrogens is 280 g/mol. The van der Waals surface area contributed by atoms with Crippen molar-refractivity contribution in [2.24, 2.45) is 0 Å².